The number of nitrogen functional groups attached to an aromatic ring is 1. The minimum Gasteiger partial charge on any atom is -0.512 e. The number of aliphatic hydroxyl groups is 1. The molecule has 1 heterocycles. The van der Waals surface area contributed by atoms with Gasteiger partial charge >= 0.3 is 5.97 Å². The lowest BCUT2D eigenvalue weighted by molar-refractivity contribution is -0.161. The summed E-state index contributed by atoms with van der Waals surface area (Å²) in [5.41, 5.74) is 7.07. The van der Waals surface area contributed by atoms with E-state index in [1.807, 2.05) is 24.3 Å². The van der Waals surface area contributed by atoms with Crippen LogP contribution < -0.4 is 5.73 Å². The van der Waals surface area contributed by atoms with Crippen molar-refractivity contribution < 1.29 is 14.6 Å². The second kappa shape index (κ2) is 7.73. The molecule has 4 heteroatoms. The number of carbonyl (C=O) groups is 1. The summed E-state index contributed by atoms with van der Waals surface area (Å²) in [6.07, 6.45) is 3.75. The fraction of sp³-hybridized carbons (Fsp3) is 0.591. The Morgan fingerprint density at radius 2 is 1.85 bits per heavy atom. The Balaban J connectivity index is 2.53. The smallest absolute Gasteiger partial charge is 0.338 e. The zero-order valence-electron chi connectivity index (χ0n) is 16.8. The molecule has 1 atom stereocenters. The van der Waals surface area contributed by atoms with Crippen LogP contribution in [-0.4, -0.2) is 16.7 Å². The Kier molecular flexibility index (Phi) is 6.05. The van der Waals surface area contributed by atoms with Gasteiger partial charge in [-0.1, -0.05) is 59.6 Å². The SMILES string of the molecule is CCCC1(CCC)CC(O)=C(C(c2cccc(N)c2)C(C)(C)C)C(=O)O1. The monoisotopic (exact) mass is 359 g/mol. The van der Waals surface area contributed by atoms with Crippen molar-refractivity contribution in [2.24, 2.45) is 5.41 Å². The lowest BCUT2D eigenvalue weighted by Crippen LogP contribution is -2.42. The Morgan fingerprint density at radius 3 is 2.31 bits per heavy atom. The quantitative estimate of drug-likeness (QED) is 0.520. The third kappa shape index (κ3) is 4.22. The molecular formula is C22H33NO3. The predicted molar refractivity (Wildman–Crippen MR) is 106 cm³/mol. The Morgan fingerprint density at radius 1 is 1.23 bits per heavy atom. The van der Waals surface area contributed by atoms with E-state index in [0.29, 0.717) is 17.7 Å². The molecule has 0 radical (unpaired) electrons. The highest BCUT2D eigenvalue weighted by molar-refractivity contribution is 5.92. The number of cyclic esters (lactones) is 1. The largest absolute Gasteiger partial charge is 0.512 e. The number of benzene rings is 1. The normalized spacial score (nSPS) is 18.6. The van der Waals surface area contributed by atoms with E-state index in [-0.39, 0.29) is 17.1 Å². The molecule has 0 aliphatic carbocycles. The van der Waals surface area contributed by atoms with Crippen molar-refractivity contribution in [3.05, 3.63) is 41.2 Å². The highest BCUT2D eigenvalue weighted by atomic mass is 16.6. The van der Waals surface area contributed by atoms with Gasteiger partial charge in [-0.3, -0.25) is 0 Å². The van der Waals surface area contributed by atoms with E-state index in [1.165, 1.54) is 0 Å². The second-order valence-corrected chi connectivity index (χ2v) is 8.58. The van der Waals surface area contributed by atoms with E-state index in [9.17, 15) is 9.90 Å². The first-order valence-corrected chi connectivity index (χ1v) is 9.64. The van der Waals surface area contributed by atoms with Gasteiger partial charge < -0.3 is 15.6 Å². The number of hydrogen-bond donors (Lipinski definition) is 2. The number of nitrogens with two attached hydrogens (primary N) is 1. The van der Waals surface area contributed by atoms with Crippen molar-refractivity contribution in [3.8, 4) is 0 Å². The molecule has 1 aromatic rings. The fourth-order valence-corrected chi connectivity index (χ4v) is 4.24. The summed E-state index contributed by atoms with van der Waals surface area (Å²) in [5.74, 6) is -0.497. The highest BCUT2D eigenvalue weighted by Crippen LogP contribution is 2.47. The van der Waals surface area contributed by atoms with Crippen LogP contribution in [0, 0.1) is 5.41 Å². The van der Waals surface area contributed by atoms with Crippen molar-refractivity contribution in [2.45, 2.75) is 78.2 Å². The number of rotatable bonds is 6. The molecule has 3 N–H and O–H groups in total. The van der Waals surface area contributed by atoms with E-state index in [4.69, 9.17) is 10.5 Å². The maximum absolute atomic E-state index is 13.0. The summed E-state index contributed by atoms with van der Waals surface area (Å²) in [5, 5.41) is 10.9. The van der Waals surface area contributed by atoms with E-state index >= 15 is 0 Å². The Bertz CT molecular complexity index is 679. The van der Waals surface area contributed by atoms with Gasteiger partial charge in [0.25, 0.3) is 0 Å². The van der Waals surface area contributed by atoms with Gasteiger partial charge in [-0.15, -0.1) is 0 Å². The van der Waals surface area contributed by atoms with Crippen LogP contribution in [0.25, 0.3) is 0 Å². The van der Waals surface area contributed by atoms with Gasteiger partial charge in [0.1, 0.15) is 11.4 Å². The van der Waals surface area contributed by atoms with Gasteiger partial charge in [0, 0.05) is 18.0 Å². The predicted octanol–water partition coefficient (Wildman–Crippen LogP) is 5.50. The van der Waals surface area contributed by atoms with E-state index in [2.05, 4.69) is 34.6 Å². The number of hydrogen-bond acceptors (Lipinski definition) is 4. The van der Waals surface area contributed by atoms with Crippen molar-refractivity contribution in [1.82, 2.24) is 0 Å². The summed E-state index contributed by atoms with van der Waals surface area (Å²) in [6, 6.07) is 7.54. The van der Waals surface area contributed by atoms with Crippen molar-refractivity contribution in [1.29, 1.82) is 0 Å². The molecule has 0 bridgehead atoms. The van der Waals surface area contributed by atoms with Crippen molar-refractivity contribution in [2.75, 3.05) is 5.73 Å². The molecule has 0 aromatic heterocycles. The summed E-state index contributed by atoms with van der Waals surface area (Å²) < 4.78 is 5.98. The molecular weight excluding hydrogens is 326 g/mol. The molecule has 1 aliphatic rings. The van der Waals surface area contributed by atoms with Crippen LogP contribution in [0.5, 0.6) is 0 Å². The molecule has 2 rings (SSSR count). The van der Waals surface area contributed by atoms with E-state index < -0.39 is 11.6 Å². The van der Waals surface area contributed by atoms with Crippen LogP contribution in [0.15, 0.2) is 35.6 Å². The zero-order valence-corrected chi connectivity index (χ0v) is 16.8. The molecule has 144 valence electrons. The first kappa shape index (κ1) is 20.3. The maximum Gasteiger partial charge on any atom is 0.338 e. The average Bonchev–Trinajstić information content (AvgIpc) is 2.50. The van der Waals surface area contributed by atoms with E-state index in [0.717, 1.165) is 31.2 Å². The van der Waals surface area contributed by atoms with Gasteiger partial charge in [0.05, 0.1) is 5.57 Å². The van der Waals surface area contributed by atoms with Crippen LogP contribution in [0.2, 0.25) is 0 Å². The molecule has 1 unspecified atom stereocenters. The first-order chi connectivity index (χ1) is 12.1. The lowest BCUT2D eigenvalue weighted by Gasteiger charge is -2.41. The summed E-state index contributed by atoms with van der Waals surface area (Å²) >= 11 is 0. The molecule has 1 aromatic carbocycles. The summed E-state index contributed by atoms with van der Waals surface area (Å²) in [7, 11) is 0. The number of aliphatic hydroxyl groups excluding tert-OH is 1. The Labute approximate surface area is 157 Å². The van der Waals surface area contributed by atoms with Gasteiger partial charge in [-0.25, -0.2) is 4.79 Å². The average molecular weight is 360 g/mol. The van der Waals surface area contributed by atoms with Gasteiger partial charge in [-0.2, -0.15) is 0 Å². The minimum absolute atomic E-state index is 0.172. The van der Waals surface area contributed by atoms with E-state index in [1.54, 1.807) is 0 Å². The van der Waals surface area contributed by atoms with Crippen LogP contribution in [-0.2, 0) is 9.53 Å². The topological polar surface area (TPSA) is 72.5 Å². The summed E-state index contributed by atoms with van der Waals surface area (Å²) in [6.45, 7) is 10.3. The molecule has 1 aliphatic heterocycles. The second-order valence-electron chi connectivity index (χ2n) is 8.58. The molecule has 0 amide bonds. The lowest BCUT2D eigenvalue weighted by atomic mass is 9.70. The van der Waals surface area contributed by atoms with Crippen LogP contribution in [0.1, 0.15) is 78.2 Å². The fourth-order valence-electron chi connectivity index (χ4n) is 4.24. The number of anilines is 1. The van der Waals surface area contributed by atoms with Gasteiger partial charge in [0.15, 0.2) is 0 Å². The first-order valence-electron chi connectivity index (χ1n) is 9.64. The molecule has 4 nitrogen and oxygen atoms in total. The number of esters is 1. The maximum atomic E-state index is 13.0. The van der Waals surface area contributed by atoms with Crippen molar-refractivity contribution >= 4 is 11.7 Å². The highest BCUT2D eigenvalue weighted by Gasteiger charge is 2.45. The van der Waals surface area contributed by atoms with Crippen molar-refractivity contribution in [3.63, 3.8) is 0 Å². The molecule has 0 saturated heterocycles. The third-order valence-electron chi connectivity index (χ3n) is 5.14. The number of ether oxygens (including phenoxy) is 1. The summed E-state index contributed by atoms with van der Waals surface area (Å²) in [4.78, 5) is 13.0. The zero-order chi connectivity index (χ0) is 19.5. The molecule has 26 heavy (non-hydrogen) atoms. The molecule has 0 saturated carbocycles. The van der Waals surface area contributed by atoms with Gasteiger partial charge in [0.2, 0.25) is 0 Å². The Hall–Kier alpha value is -1.97. The minimum atomic E-state index is -0.577. The molecule has 0 fully saturated rings. The van der Waals surface area contributed by atoms with Crippen LogP contribution >= 0.6 is 0 Å². The standard InChI is InChI=1S/C22H33NO3/c1-6-11-22(12-7-2)14-17(24)18(20(25)26-22)19(21(3,4)5)15-9-8-10-16(23)13-15/h8-10,13,19,24H,6-7,11-12,14,23H2,1-5H3. The van der Waals surface area contributed by atoms with Crippen LogP contribution in [0.3, 0.4) is 0 Å². The van der Waals surface area contributed by atoms with Crippen LogP contribution in [0.4, 0.5) is 5.69 Å². The third-order valence-corrected chi connectivity index (χ3v) is 5.14. The number of carbonyl (C=O) groups excluding carboxylic acids is 1. The molecule has 0 spiro atoms. The van der Waals surface area contributed by atoms with Gasteiger partial charge in [-0.05, 0) is 36.0 Å².